The molecule has 2 N–H and O–H groups in total. The molecule has 0 amide bonds. The van der Waals surface area contributed by atoms with E-state index in [4.69, 9.17) is 12.2 Å². The minimum atomic E-state index is -3.46. The molecule has 0 radical (unpaired) electrons. The highest BCUT2D eigenvalue weighted by molar-refractivity contribution is 7.89. The van der Waals surface area contributed by atoms with Crippen LogP contribution >= 0.6 is 12.2 Å². The van der Waals surface area contributed by atoms with Crippen molar-refractivity contribution in [3.8, 4) is 0 Å². The quantitative estimate of drug-likeness (QED) is 0.636. The molecule has 152 valence electrons. The van der Waals surface area contributed by atoms with Gasteiger partial charge in [0.15, 0.2) is 5.11 Å². The normalized spacial score (nSPS) is 12.6. The van der Waals surface area contributed by atoms with E-state index in [2.05, 4.69) is 10.6 Å². The number of sulfonamides is 1. The van der Waals surface area contributed by atoms with Gasteiger partial charge in [-0.25, -0.2) is 12.8 Å². The fraction of sp³-hybridized carbons (Fsp3) is 0.350. The molecule has 0 bridgehead atoms. The fourth-order valence-electron chi connectivity index (χ4n) is 2.76. The van der Waals surface area contributed by atoms with Gasteiger partial charge in [-0.15, -0.1) is 0 Å². The Bertz CT molecular complexity index is 881. The van der Waals surface area contributed by atoms with Crippen LogP contribution in [-0.2, 0) is 16.6 Å². The number of nitrogens with zero attached hydrogens (tertiary/aromatic N) is 1. The van der Waals surface area contributed by atoms with Crippen LogP contribution in [0.25, 0.3) is 0 Å². The number of hydrogen-bond acceptors (Lipinski definition) is 3. The summed E-state index contributed by atoms with van der Waals surface area (Å²) in [6, 6.07) is 12.9. The van der Waals surface area contributed by atoms with Crippen LogP contribution in [-0.4, -0.2) is 30.9 Å². The summed E-state index contributed by atoms with van der Waals surface area (Å²) in [7, 11) is -3.46. The molecule has 0 saturated heterocycles. The monoisotopic (exact) mass is 423 g/mol. The van der Waals surface area contributed by atoms with Gasteiger partial charge in [0, 0.05) is 19.6 Å². The van der Waals surface area contributed by atoms with Gasteiger partial charge in [-0.2, -0.15) is 4.31 Å². The molecule has 0 aliphatic heterocycles. The summed E-state index contributed by atoms with van der Waals surface area (Å²) in [4.78, 5) is 0.282. The van der Waals surface area contributed by atoms with E-state index >= 15 is 0 Å². The number of halogens is 1. The first-order valence-corrected chi connectivity index (χ1v) is 11.0. The summed E-state index contributed by atoms with van der Waals surface area (Å²) in [6.45, 7) is 6.95. The molecular weight excluding hydrogens is 397 g/mol. The Balaban J connectivity index is 1.95. The van der Waals surface area contributed by atoms with E-state index in [1.54, 1.807) is 36.4 Å². The summed E-state index contributed by atoms with van der Waals surface area (Å²) >= 11 is 5.31. The Morgan fingerprint density at radius 1 is 1.07 bits per heavy atom. The fourth-order valence-corrected chi connectivity index (χ4v) is 4.46. The zero-order valence-corrected chi connectivity index (χ0v) is 17.9. The Hall–Kier alpha value is -2.03. The molecule has 0 fully saturated rings. The number of nitrogens with one attached hydrogen (secondary N) is 2. The molecule has 0 heterocycles. The van der Waals surface area contributed by atoms with Crippen molar-refractivity contribution in [2.24, 2.45) is 0 Å². The number of thiocarbonyl (C=S) groups is 1. The van der Waals surface area contributed by atoms with Crippen LogP contribution < -0.4 is 10.6 Å². The second kappa shape index (κ2) is 9.95. The Morgan fingerprint density at radius 3 is 2.18 bits per heavy atom. The van der Waals surface area contributed by atoms with E-state index in [-0.39, 0.29) is 16.8 Å². The highest BCUT2D eigenvalue weighted by atomic mass is 32.2. The Kier molecular flexibility index (Phi) is 7.91. The lowest BCUT2D eigenvalue weighted by Gasteiger charge is -2.20. The first-order valence-electron chi connectivity index (χ1n) is 9.16. The average molecular weight is 424 g/mol. The first-order chi connectivity index (χ1) is 13.3. The molecule has 0 aromatic heterocycles. The Labute approximate surface area is 172 Å². The summed E-state index contributed by atoms with van der Waals surface area (Å²) in [5.41, 5.74) is 1.84. The molecule has 2 rings (SSSR count). The van der Waals surface area contributed by atoms with E-state index in [0.29, 0.717) is 24.7 Å². The predicted molar refractivity (Wildman–Crippen MR) is 114 cm³/mol. The summed E-state index contributed by atoms with van der Waals surface area (Å²) in [5, 5.41) is 6.72. The number of hydrogen-bond donors (Lipinski definition) is 2. The van der Waals surface area contributed by atoms with Crippen molar-refractivity contribution in [3.63, 3.8) is 0 Å². The molecule has 0 spiro atoms. The van der Waals surface area contributed by atoms with Crippen LogP contribution in [0.3, 0.4) is 0 Å². The topological polar surface area (TPSA) is 61.4 Å². The second-order valence-electron chi connectivity index (χ2n) is 6.33. The van der Waals surface area contributed by atoms with Crippen molar-refractivity contribution in [1.82, 2.24) is 14.9 Å². The van der Waals surface area contributed by atoms with E-state index in [9.17, 15) is 12.8 Å². The first kappa shape index (κ1) is 22.3. The Morgan fingerprint density at radius 2 is 1.64 bits per heavy atom. The van der Waals surface area contributed by atoms with E-state index in [0.717, 1.165) is 11.1 Å². The van der Waals surface area contributed by atoms with Crippen molar-refractivity contribution in [1.29, 1.82) is 0 Å². The summed E-state index contributed by atoms with van der Waals surface area (Å²) in [5.74, 6) is -0.274. The molecule has 2 aromatic rings. The van der Waals surface area contributed by atoms with Crippen LogP contribution in [0, 0.1) is 5.82 Å². The lowest BCUT2D eigenvalue weighted by Crippen LogP contribution is -2.36. The van der Waals surface area contributed by atoms with Crippen LogP contribution in [0.15, 0.2) is 53.4 Å². The maximum absolute atomic E-state index is 12.9. The van der Waals surface area contributed by atoms with Gasteiger partial charge in [0.25, 0.3) is 0 Å². The highest BCUT2D eigenvalue weighted by Crippen LogP contribution is 2.19. The van der Waals surface area contributed by atoms with Crippen molar-refractivity contribution in [3.05, 3.63) is 65.5 Å². The van der Waals surface area contributed by atoms with Crippen molar-refractivity contribution >= 4 is 27.4 Å². The molecule has 0 saturated carbocycles. The third kappa shape index (κ3) is 5.73. The second-order valence-corrected chi connectivity index (χ2v) is 8.68. The van der Waals surface area contributed by atoms with Crippen molar-refractivity contribution in [2.45, 2.75) is 38.3 Å². The molecule has 0 aliphatic carbocycles. The predicted octanol–water partition coefficient (Wildman–Crippen LogP) is 3.58. The van der Waals surface area contributed by atoms with Crippen LogP contribution in [0.1, 0.15) is 37.9 Å². The largest absolute Gasteiger partial charge is 0.359 e. The van der Waals surface area contributed by atoms with Gasteiger partial charge in [0.05, 0.1) is 10.9 Å². The molecule has 1 atom stereocenters. The van der Waals surface area contributed by atoms with Gasteiger partial charge < -0.3 is 10.6 Å². The maximum atomic E-state index is 12.9. The smallest absolute Gasteiger partial charge is 0.243 e. The van der Waals surface area contributed by atoms with E-state index in [1.165, 1.54) is 16.4 Å². The zero-order valence-electron chi connectivity index (χ0n) is 16.3. The minimum Gasteiger partial charge on any atom is -0.359 e. The molecule has 8 heteroatoms. The molecule has 2 aromatic carbocycles. The van der Waals surface area contributed by atoms with Crippen molar-refractivity contribution < 1.29 is 12.8 Å². The van der Waals surface area contributed by atoms with Gasteiger partial charge in [-0.3, -0.25) is 0 Å². The molecule has 5 nitrogen and oxygen atoms in total. The van der Waals surface area contributed by atoms with E-state index < -0.39 is 10.0 Å². The highest BCUT2D eigenvalue weighted by Gasteiger charge is 2.21. The van der Waals surface area contributed by atoms with E-state index in [1.807, 2.05) is 20.8 Å². The van der Waals surface area contributed by atoms with Gasteiger partial charge in [0.1, 0.15) is 5.82 Å². The molecular formula is C20H26FN3O2S2. The van der Waals surface area contributed by atoms with Gasteiger partial charge in [-0.1, -0.05) is 38.1 Å². The van der Waals surface area contributed by atoms with Crippen molar-refractivity contribution in [2.75, 3.05) is 13.1 Å². The summed E-state index contributed by atoms with van der Waals surface area (Å²) < 4.78 is 39.5. The van der Waals surface area contributed by atoms with Gasteiger partial charge >= 0.3 is 0 Å². The zero-order chi connectivity index (χ0) is 20.7. The third-order valence-corrected chi connectivity index (χ3v) is 6.76. The maximum Gasteiger partial charge on any atom is 0.243 e. The van der Waals surface area contributed by atoms with Gasteiger partial charge in [0.2, 0.25) is 10.0 Å². The third-order valence-electron chi connectivity index (χ3n) is 4.44. The minimum absolute atomic E-state index is 0.0987. The standard InChI is InChI=1S/C20H26FN3O2S2/c1-4-24(5-2)28(25,26)19-12-8-17(9-13-19)15(3)23-20(27)22-14-16-6-10-18(21)11-7-16/h6-13,15H,4-5,14H2,1-3H3,(H2,22,23,27)/t15-/m0/s1. The number of rotatable bonds is 8. The summed E-state index contributed by atoms with van der Waals surface area (Å²) in [6.07, 6.45) is 0. The lowest BCUT2D eigenvalue weighted by atomic mass is 10.1. The lowest BCUT2D eigenvalue weighted by molar-refractivity contribution is 0.445. The average Bonchev–Trinajstić information content (AvgIpc) is 2.68. The van der Waals surface area contributed by atoms with Crippen LogP contribution in [0.4, 0.5) is 4.39 Å². The number of benzene rings is 2. The molecule has 0 aliphatic rings. The van der Waals surface area contributed by atoms with Gasteiger partial charge in [-0.05, 0) is 54.5 Å². The molecule has 0 unspecified atom stereocenters. The van der Waals surface area contributed by atoms with Crippen LogP contribution in [0.5, 0.6) is 0 Å². The molecule has 28 heavy (non-hydrogen) atoms. The van der Waals surface area contributed by atoms with Crippen LogP contribution in [0.2, 0.25) is 0 Å². The SMILES string of the molecule is CCN(CC)S(=O)(=O)c1ccc([C@H](C)NC(=S)NCc2ccc(F)cc2)cc1.